The van der Waals surface area contributed by atoms with Gasteiger partial charge in [-0.05, 0) is 50.5 Å². The van der Waals surface area contributed by atoms with Crippen molar-refractivity contribution in [2.45, 2.75) is 45.1 Å². The molecule has 0 spiro atoms. The highest BCUT2D eigenvalue weighted by Gasteiger charge is 2.46. The van der Waals surface area contributed by atoms with Crippen LogP contribution < -0.4 is 5.73 Å². The van der Waals surface area contributed by atoms with Gasteiger partial charge in [0.15, 0.2) is 0 Å². The Morgan fingerprint density at radius 3 is 2.50 bits per heavy atom. The predicted octanol–water partition coefficient (Wildman–Crippen LogP) is 2.11. The van der Waals surface area contributed by atoms with E-state index in [0.717, 1.165) is 44.1 Å². The Balaban J connectivity index is 1.67. The van der Waals surface area contributed by atoms with Gasteiger partial charge in [0.1, 0.15) is 0 Å². The van der Waals surface area contributed by atoms with Crippen LogP contribution in [0.2, 0.25) is 0 Å². The van der Waals surface area contributed by atoms with Gasteiger partial charge in [0.25, 0.3) is 0 Å². The highest BCUT2D eigenvalue weighted by Crippen LogP contribution is 2.44. The molecule has 0 aromatic heterocycles. The second kappa shape index (κ2) is 5.89. The predicted molar refractivity (Wildman–Crippen MR) is 75.5 cm³/mol. The average Bonchev–Trinajstić information content (AvgIpc) is 3.07. The van der Waals surface area contributed by atoms with Gasteiger partial charge in [-0.2, -0.15) is 0 Å². The first-order valence-electron chi connectivity index (χ1n) is 7.56. The summed E-state index contributed by atoms with van der Waals surface area (Å²) in [4.78, 5) is 2.44. The number of hydrogen-bond donors (Lipinski definition) is 1. The molecule has 0 aliphatic heterocycles. The lowest BCUT2D eigenvalue weighted by Gasteiger charge is -2.54. The van der Waals surface area contributed by atoms with E-state index in [1.54, 1.807) is 0 Å². The Hall–Kier alpha value is -0.120. The minimum Gasteiger partial charge on any atom is -0.380 e. The first-order chi connectivity index (χ1) is 8.57. The Kier molecular flexibility index (Phi) is 4.68. The molecule has 2 fully saturated rings. The molecule has 2 aliphatic rings. The molecular weight excluding hydrogens is 224 g/mol. The third kappa shape index (κ3) is 3.25. The van der Waals surface area contributed by atoms with E-state index in [4.69, 9.17) is 10.5 Å². The van der Waals surface area contributed by atoms with Crippen LogP contribution in [0.3, 0.4) is 0 Å². The minimum atomic E-state index is 0.262. The van der Waals surface area contributed by atoms with Crippen LogP contribution in [0.4, 0.5) is 0 Å². The number of rotatable bonds is 8. The van der Waals surface area contributed by atoms with Crippen molar-refractivity contribution in [2.75, 3.05) is 33.4 Å². The molecule has 0 radical (unpaired) electrons. The van der Waals surface area contributed by atoms with Gasteiger partial charge in [-0.15, -0.1) is 0 Å². The number of hydrogen-bond acceptors (Lipinski definition) is 3. The lowest BCUT2D eigenvalue weighted by atomic mass is 9.63. The van der Waals surface area contributed by atoms with Crippen LogP contribution in [0.1, 0.15) is 39.5 Å². The van der Waals surface area contributed by atoms with Gasteiger partial charge in [0.05, 0.1) is 6.61 Å². The molecule has 2 N–H and O–H groups in total. The van der Waals surface area contributed by atoms with Gasteiger partial charge in [-0.25, -0.2) is 0 Å². The summed E-state index contributed by atoms with van der Waals surface area (Å²) in [7, 11) is 2.21. The Bertz CT molecular complexity index is 257. The summed E-state index contributed by atoms with van der Waals surface area (Å²) in [6.45, 7) is 8.29. The fourth-order valence-electron chi connectivity index (χ4n) is 3.00. The van der Waals surface area contributed by atoms with Crippen molar-refractivity contribution in [3.63, 3.8) is 0 Å². The maximum Gasteiger partial charge on any atom is 0.0593 e. The SMILES string of the molecule is CC(C)C1CC(CN)(N(C)CCOCC2CC2)C1. The Morgan fingerprint density at radius 1 is 1.33 bits per heavy atom. The zero-order chi connectivity index (χ0) is 13.2. The van der Waals surface area contributed by atoms with E-state index in [0.29, 0.717) is 0 Å². The molecule has 3 nitrogen and oxygen atoms in total. The Morgan fingerprint density at radius 2 is 2.00 bits per heavy atom. The average molecular weight is 254 g/mol. The van der Waals surface area contributed by atoms with E-state index in [9.17, 15) is 0 Å². The molecule has 0 amide bonds. The van der Waals surface area contributed by atoms with E-state index in [2.05, 4.69) is 25.8 Å². The van der Waals surface area contributed by atoms with Crippen molar-refractivity contribution in [1.82, 2.24) is 4.90 Å². The molecule has 0 aromatic rings. The molecule has 0 bridgehead atoms. The molecule has 2 rings (SSSR count). The number of nitrogens with zero attached hydrogens (tertiary/aromatic N) is 1. The van der Waals surface area contributed by atoms with Crippen LogP contribution in [0.25, 0.3) is 0 Å². The van der Waals surface area contributed by atoms with E-state index in [1.165, 1.54) is 25.7 Å². The molecule has 0 aromatic carbocycles. The molecule has 0 unspecified atom stereocenters. The molecule has 2 saturated carbocycles. The van der Waals surface area contributed by atoms with E-state index in [-0.39, 0.29) is 5.54 Å². The van der Waals surface area contributed by atoms with E-state index in [1.807, 2.05) is 0 Å². The summed E-state index contributed by atoms with van der Waals surface area (Å²) >= 11 is 0. The van der Waals surface area contributed by atoms with Crippen LogP contribution in [0, 0.1) is 17.8 Å². The molecule has 106 valence electrons. The summed E-state index contributed by atoms with van der Waals surface area (Å²) in [6, 6.07) is 0. The van der Waals surface area contributed by atoms with Crippen molar-refractivity contribution in [2.24, 2.45) is 23.5 Å². The summed E-state index contributed by atoms with van der Waals surface area (Å²) in [5, 5.41) is 0. The molecule has 18 heavy (non-hydrogen) atoms. The summed E-state index contributed by atoms with van der Waals surface area (Å²) in [5.41, 5.74) is 6.27. The fourth-order valence-corrected chi connectivity index (χ4v) is 3.00. The summed E-state index contributed by atoms with van der Waals surface area (Å²) < 4.78 is 5.73. The highest BCUT2D eigenvalue weighted by atomic mass is 16.5. The largest absolute Gasteiger partial charge is 0.380 e. The molecular formula is C15H30N2O. The van der Waals surface area contributed by atoms with Crippen LogP contribution in [0.5, 0.6) is 0 Å². The summed E-state index contributed by atoms with van der Waals surface area (Å²) in [5.74, 6) is 2.53. The van der Waals surface area contributed by atoms with Gasteiger partial charge < -0.3 is 10.5 Å². The van der Waals surface area contributed by atoms with Crippen molar-refractivity contribution >= 4 is 0 Å². The van der Waals surface area contributed by atoms with Crippen LogP contribution in [0.15, 0.2) is 0 Å². The van der Waals surface area contributed by atoms with Gasteiger partial charge in [0.2, 0.25) is 0 Å². The van der Waals surface area contributed by atoms with Crippen LogP contribution >= 0.6 is 0 Å². The molecule has 0 saturated heterocycles. The standard InChI is InChI=1S/C15H30N2O/c1-12(2)14-8-15(9-14,11-16)17(3)6-7-18-10-13-4-5-13/h12-14H,4-11,16H2,1-3H3. The topological polar surface area (TPSA) is 38.5 Å². The fraction of sp³-hybridized carbons (Fsp3) is 1.00. The zero-order valence-electron chi connectivity index (χ0n) is 12.3. The number of ether oxygens (including phenoxy) is 1. The van der Waals surface area contributed by atoms with Gasteiger partial charge in [-0.1, -0.05) is 13.8 Å². The third-order valence-electron chi connectivity index (χ3n) is 5.04. The third-order valence-corrected chi connectivity index (χ3v) is 5.04. The maximum atomic E-state index is 6.01. The van der Waals surface area contributed by atoms with E-state index >= 15 is 0 Å². The monoisotopic (exact) mass is 254 g/mol. The highest BCUT2D eigenvalue weighted by molar-refractivity contribution is 5.03. The first-order valence-corrected chi connectivity index (χ1v) is 7.56. The second-order valence-electron chi connectivity index (χ2n) is 6.78. The Labute approximate surface area is 112 Å². The zero-order valence-corrected chi connectivity index (χ0v) is 12.3. The normalized spacial score (nSPS) is 32.0. The first kappa shape index (κ1) is 14.3. The number of nitrogens with two attached hydrogens (primary N) is 1. The van der Waals surface area contributed by atoms with Crippen LogP contribution in [-0.2, 0) is 4.74 Å². The van der Waals surface area contributed by atoms with Gasteiger partial charge >= 0.3 is 0 Å². The van der Waals surface area contributed by atoms with Gasteiger partial charge in [-0.3, -0.25) is 4.90 Å². The molecule has 0 heterocycles. The quantitative estimate of drug-likeness (QED) is 0.674. The molecule has 2 aliphatic carbocycles. The molecule has 3 heteroatoms. The second-order valence-corrected chi connectivity index (χ2v) is 6.78. The summed E-state index contributed by atoms with van der Waals surface area (Å²) in [6.07, 6.45) is 5.28. The smallest absolute Gasteiger partial charge is 0.0593 e. The van der Waals surface area contributed by atoms with Crippen molar-refractivity contribution in [1.29, 1.82) is 0 Å². The maximum absolute atomic E-state index is 6.01. The minimum absolute atomic E-state index is 0.262. The molecule has 0 atom stereocenters. The van der Waals surface area contributed by atoms with Gasteiger partial charge in [0, 0.05) is 25.2 Å². The lowest BCUT2D eigenvalue weighted by Crippen LogP contribution is -2.61. The van der Waals surface area contributed by atoms with Crippen molar-refractivity contribution < 1.29 is 4.74 Å². The lowest BCUT2D eigenvalue weighted by molar-refractivity contribution is -0.0332. The van der Waals surface area contributed by atoms with E-state index < -0.39 is 0 Å². The number of likely N-dealkylation sites (N-methyl/N-ethyl adjacent to an activating group) is 1. The van der Waals surface area contributed by atoms with Crippen LogP contribution in [-0.4, -0.2) is 43.8 Å². The van der Waals surface area contributed by atoms with Crippen molar-refractivity contribution in [3.05, 3.63) is 0 Å². The van der Waals surface area contributed by atoms with Crippen molar-refractivity contribution in [3.8, 4) is 0 Å².